The zero-order valence-corrected chi connectivity index (χ0v) is 60.9. The fourth-order valence-corrected chi connectivity index (χ4v) is 10.5. The molecule has 43 nitrogen and oxygen atoms in total. The SMILES string of the molecule is Cc1ccc(C[C@H](N)C(=O)N[C@H](CC(N)=O)C(=O)N[C@@H](CC(=O)O)C(=O)N[C@@H]2C(=O)NCC(=O)N[C@@H](CCCNC(=O)OCc3ccccc3)C(=O)N[C@@H](CC(=O)O)C(=O)N[C@H](C)C(=O)N[C@@H](CC(=O)O)C(=O)NCC(=O)N[C@H](CO)C(=O)N[C@@H]([C@H](C)CC(=O)O)C(=O)N[C@@H](CC(=O)c3ccccc3N)C(=O)O[C@@H]2C)cc1. The van der Waals surface area contributed by atoms with Crippen molar-refractivity contribution in [2.75, 3.05) is 32.0 Å². The van der Waals surface area contributed by atoms with Gasteiger partial charge in [0, 0.05) is 24.2 Å². The smallest absolute Gasteiger partial charge is 0.407 e. The number of aliphatic hydroxyl groups excluding tert-OH is 1. The number of carboxylic acids is 4. The summed E-state index contributed by atoms with van der Waals surface area (Å²) in [7, 11) is 0. The van der Waals surface area contributed by atoms with E-state index in [0.29, 0.717) is 11.1 Å². The minimum atomic E-state index is -2.46. The number of aryl methyl sites for hydroxylation is 1. The summed E-state index contributed by atoms with van der Waals surface area (Å²) in [5, 5.41) is 77.4. The van der Waals surface area contributed by atoms with Crippen molar-refractivity contribution >= 4 is 124 Å². The number of nitrogen functional groups attached to an aromatic ring is 1. The second-order valence-electron chi connectivity index (χ2n) is 25.7. The Balaban J connectivity index is 1.90. The van der Waals surface area contributed by atoms with Crippen molar-refractivity contribution < 1.29 is 131 Å². The first kappa shape index (κ1) is 91.2. The van der Waals surface area contributed by atoms with Crippen LogP contribution in [0, 0.1) is 12.8 Å². The summed E-state index contributed by atoms with van der Waals surface area (Å²) >= 11 is 0. The van der Waals surface area contributed by atoms with Crippen molar-refractivity contribution in [2.45, 2.75) is 165 Å². The van der Waals surface area contributed by atoms with Gasteiger partial charge < -0.3 is 121 Å². The number of ether oxygens (including phenoxy) is 2. The van der Waals surface area contributed by atoms with Crippen molar-refractivity contribution in [1.82, 2.24) is 69.1 Å². The zero-order valence-electron chi connectivity index (χ0n) is 60.9. The minimum Gasteiger partial charge on any atom is -0.481 e. The summed E-state index contributed by atoms with van der Waals surface area (Å²) in [5.74, 6) is -29.5. The molecule has 0 spiro atoms. The molecule has 3 aromatic rings. The maximum Gasteiger partial charge on any atom is 0.407 e. The zero-order chi connectivity index (χ0) is 83.6. The molecule has 1 aliphatic heterocycles. The van der Waals surface area contributed by atoms with E-state index in [4.69, 9.17) is 26.7 Å². The summed E-state index contributed by atoms with van der Waals surface area (Å²) < 4.78 is 10.9. The van der Waals surface area contributed by atoms with Gasteiger partial charge in [0.1, 0.15) is 73.1 Å². The van der Waals surface area contributed by atoms with Gasteiger partial charge >= 0.3 is 35.9 Å². The van der Waals surface area contributed by atoms with E-state index in [0.717, 1.165) is 26.3 Å². The highest BCUT2D eigenvalue weighted by Crippen LogP contribution is 2.18. The number of carboxylic acid groups (broad SMARTS) is 4. The van der Waals surface area contributed by atoms with Crippen LogP contribution in [0.5, 0.6) is 0 Å². The van der Waals surface area contributed by atoms with Gasteiger partial charge in [-0.2, -0.15) is 0 Å². The third-order valence-electron chi connectivity index (χ3n) is 16.5. The lowest BCUT2D eigenvalue weighted by molar-refractivity contribution is -0.156. The van der Waals surface area contributed by atoms with E-state index in [9.17, 15) is 121 Å². The molecule has 112 heavy (non-hydrogen) atoms. The Morgan fingerprint density at radius 1 is 0.562 bits per heavy atom. The number of cyclic esters (lactones) is 1. The van der Waals surface area contributed by atoms with Gasteiger partial charge in [-0.1, -0.05) is 79.2 Å². The van der Waals surface area contributed by atoms with Crippen molar-refractivity contribution in [1.29, 1.82) is 0 Å². The van der Waals surface area contributed by atoms with E-state index >= 15 is 0 Å². The highest BCUT2D eigenvalue weighted by molar-refractivity contribution is 6.05. The Labute approximate surface area is 637 Å². The first-order valence-electron chi connectivity index (χ1n) is 34.4. The van der Waals surface area contributed by atoms with Gasteiger partial charge in [-0.25, -0.2) is 9.59 Å². The molecule has 0 radical (unpaired) electrons. The number of alkyl carbamates (subject to hydrolysis) is 1. The van der Waals surface area contributed by atoms with Gasteiger partial charge in [0.15, 0.2) is 5.78 Å². The van der Waals surface area contributed by atoms with Gasteiger partial charge in [0.25, 0.3) is 0 Å². The average molecular weight is 1580 g/mol. The largest absolute Gasteiger partial charge is 0.481 e. The number of hydrogen-bond donors (Lipinski definition) is 21. The number of aliphatic hydroxyl groups is 1. The quantitative estimate of drug-likeness (QED) is 0.0133. The summed E-state index contributed by atoms with van der Waals surface area (Å²) in [6.45, 7) is 0.386. The molecule has 1 saturated heterocycles. The number of benzene rings is 3. The second kappa shape index (κ2) is 44.9. The molecule has 13 atom stereocenters. The van der Waals surface area contributed by atoms with Crippen LogP contribution in [0.4, 0.5) is 10.5 Å². The summed E-state index contributed by atoms with van der Waals surface area (Å²) in [6.07, 6.45) is -11.1. The van der Waals surface area contributed by atoms with Crippen LogP contribution >= 0.6 is 0 Å². The minimum absolute atomic E-state index is 0.119. The average Bonchev–Trinajstić information content (AvgIpc) is 0.830. The van der Waals surface area contributed by atoms with Crippen LogP contribution in [0.2, 0.25) is 0 Å². The number of anilines is 1. The van der Waals surface area contributed by atoms with Crippen LogP contribution in [0.1, 0.15) is 99.2 Å². The Bertz CT molecular complexity index is 3980. The number of carbonyl (C=O) groups excluding carboxylic acids is 16. The summed E-state index contributed by atoms with van der Waals surface area (Å²) in [6, 6.07) is -2.54. The van der Waals surface area contributed by atoms with E-state index in [1.807, 2.05) is 21.3 Å². The van der Waals surface area contributed by atoms with Crippen molar-refractivity contribution in [3.63, 3.8) is 0 Å². The molecule has 608 valence electrons. The predicted molar refractivity (Wildman–Crippen MR) is 382 cm³/mol. The molecule has 0 aliphatic carbocycles. The van der Waals surface area contributed by atoms with Crippen LogP contribution in [-0.2, 0) is 109 Å². The molecule has 14 amide bonds. The summed E-state index contributed by atoms with van der Waals surface area (Å²) in [4.78, 5) is 271. The standard InChI is InChI=1S/C69H90N16O27/c1-32-16-18-36(19-17-32)22-40(71)59(100)80-42(24-49(72)88)63(104)82-45(27-55(97)98)64(105)85-57-35(4)112-68(109)46(23-48(87)38-13-8-9-14-39(38)70)83-67(108)56(33(2)21-52(91)92)84-65(106)47(30-86)78-51(90)28-74-60(101)43(25-53(93)94)79-58(99)34(3)76-62(103)44(26-54(95)96)81-61(102)41(77-50(89)29-75-66(57)107)15-10-20-73-69(110)111-31-37-11-6-5-7-12-37/h5-9,11-14,16-19,33-35,40-47,56-57,86H,10,15,20-31,70-71H2,1-4H3,(H2,72,88)(H,73,110)(H,74,101)(H,75,107)(H,76,103)(H,77,89)(H,78,90)(H,79,99)(H,80,100)(H,81,102)(H,82,104)(H,83,108)(H,84,106)(H,85,105)(H,91,92)(H,93,94)(H,95,96)(H,97,98)/t33-,34-,35-,40+,41+,42-,43+,44+,45+,46+,47-,56+,57+/m1/s1. The van der Waals surface area contributed by atoms with Crippen molar-refractivity contribution in [2.24, 2.45) is 17.4 Å². The lowest BCUT2D eigenvalue weighted by Crippen LogP contribution is -2.61. The van der Waals surface area contributed by atoms with E-state index in [1.54, 1.807) is 61.5 Å². The van der Waals surface area contributed by atoms with Crippen LogP contribution in [0.3, 0.4) is 0 Å². The van der Waals surface area contributed by atoms with E-state index in [1.165, 1.54) is 24.3 Å². The second-order valence-corrected chi connectivity index (χ2v) is 25.7. The van der Waals surface area contributed by atoms with Crippen molar-refractivity contribution in [3.05, 3.63) is 101 Å². The maximum absolute atomic E-state index is 14.8. The number of nitrogens with two attached hydrogens (primary N) is 3. The van der Waals surface area contributed by atoms with Crippen molar-refractivity contribution in [3.8, 4) is 0 Å². The molecule has 0 bridgehead atoms. The fourth-order valence-electron chi connectivity index (χ4n) is 10.5. The number of rotatable bonds is 29. The fraction of sp³-hybridized carbons (Fsp3) is 0.449. The highest BCUT2D eigenvalue weighted by Gasteiger charge is 2.41. The molecular weight excluding hydrogens is 1480 g/mol. The van der Waals surface area contributed by atoms with E-state index in [-0.39, 0.29) is 37.2 Å². The van der Waals surface area contributed by atoms with Gasteiger partial charge in [-0.3, -0.25) is 86.3 Å². The topological polar surface area (TPSA) is 695 Å². The monoisotopic (exact) mass is 1570 g/mol. The molecule has 0 aromatic heterocycles. The number of hydrogen-bond acceptors (Lipinski definition) is 25. The van der Waals surface area contributed by atoms with E-state index in [2.05, 4.69) is 47.9 Å². The van der Waals surface area contributed by atoms with Gasteiger partial charge in [-0.05, 0) is 69.2 Å². The Hall–Kier alpha value is -13.2. The molecule has 24 N–H and O–H groups in total. The Kier molecular flexibility index (Phi) is 36.6. The molecular formula is C69H90N16O27. The number of esters is 1. The maximum atomic E-state index is 14.8. The van der Waals surface area contributed by atoms with Gasteiger partial charge in [0.2, 0.25) is 76.8 Å². The lowest BCUT2D eigenvalue weighted by atomic mass is 9.96. The predicted octanol–water partition coefficient (Wildman–Crippen LogP) is -7.13. The molecule has 43 heteroatoms. The molecule has 4 rings (SSSR count). The van der Waals surface area contributed by atoms with Crippen LogP contribution in [-0.4, -0.2) is 243 Å². The first-order chi connectivity index (χ1) is 52.7. The molecule has 1 fully saturated rings. The number of ketones is 1. The third-order valence-corrected chi connectivity index (χ3v) is 16.5. The first-order valence-corrected chi connectivity index (χ1v) is 34.4. The Morgan fingerprint density at radius 2 is 1.10 bits per heavy atom. The normalized spacial score (nSPS) is 21.3. The number of primary amides is 1. The van der Waals surface area contributed by atoms with Crippen LogP contribution in [0.15, 0.2) is 78.9 Å². The number of Topliss-reactive ketones (excluding diaryl/α,β-unsaturated/α-hetero) is 1. The van der Waals surface area contributed by atoms with E-state index < -0.39 is 262 Å². The van der Waals surface area contributed by atoms with Crippen LogP contribution in [0.25, 0.3) is 0 Å². The number of nitrogens with one attached hydrogen (secondary N) is 13. The summed E-state index contributed by atoms with van der Waals surface area (Å²) in [5.41, 5.74) is 19.2. The number of para-hydroxylation sites is 1. The van der Waals surface area contributed by atoms with Gasteiger partial charge in [0.05, 0.1) is 57.8 Å². The lowest BCUT2D eigenvalue weighted by Gasteiger charge is -2.30. The molecule has 0 unspecified atom stereocenters. The molecule has 1 heterocycles. The number of carbonyl (C=O) groups is 20. The third kappa shape index (κ3) is 31.5. The van der Waals surface area contributed by atoms with Gasteiger partial charge in [-0.15, -0.1) is 0 Å². The number of aliphatic carboxylic acids is 4. The Morgan fingerprint density at radius 3 is 1.69 bits per heavy atom. The molecule has 1 aliphatic rings. The van der Waals surface area contributed by atoms with Crippen LogP contribution < -0.4 is 86.3 Å². The molecule has 3 aromatic carbocycles. The number of amides is 14. The highest BCUT2D eigenvalue weighted by atomic mass is 16.6. The molecule has 0 saturated carbocycles.